The van der Waals surface area contributed by atoms with Gasteiger partial charge in [0.2, 0.25) is 0 Å². The van der Waals surface area contributed by atoms with Crippen LogP contribution in [-0.4, -0.2) is 24.3 Å². The maximum atomic E-state index is 10.6. The standard InChI is InChI=1S/C15H17BrO4/c16-11-6-10(2-1-3-13(17)18)7-12-14(11)20-9-15(4-5-15)8-19-12/h6-7H,1-5,8-9H2,(H,17,18). The summed E-state index contributed by atoms with van der Waals surface area (Å²) in [5.74, 6) is 0.790. The van der Waals surface area contributed by atoms with Crippen molar-refractivity contribution in [3.05, 3.63) is 22.2 Å². The zero-order chi connectivity index (χ0) is 14.2. The Morgan fingerprint density at radius 2 is 2.05 bits per heavy atom. The highest BCUT2D eigenvalue weighted by molar-refractivity contribution is 9.10. The van der Waals surface area contributed by atoms with Crippen molar-refractivity contribution in [1.82, 2.24) is 0 Å². The van der Waals surface area contributed by atoms with E-state index in [0.29, 0.717) is 13.0 Å². The first-order valence-electron chi connectivity index (χ1n) is 6.88. The maximum Gasteiger partial charge on any atom is 0.303 e. The second-order valence-corrected chi connectivity index (χ2v) is 6.58. The third kappa shape index (κ3) is 2.92. The molecule has 1 saturated carbocycles. The maximum absolute atomic E-state index is 10.6. The minimum absolute atomic E-state index is 0.190. The largest absolute Gasteiger partial charge is 0.489 e. The van der Waals surface area contributed by atoms with Gasteiger partial charge in [0.1, 0.15) is 0 Å². The van der Waals surface area contributed by atoms with Crippen LogP contribution in [-0.2, 0) is 11.2 Å². The van der Waals surface area contributed by atoms with Gasteiger partial charge in [-0.1, -0.05) is 0 Å². The Labute approximate surface area is 126 Å². The van der Waals surface area contributed by atoms with Crippen LogP contribution in [0.15, 0.2) is 16.6 Å². The Kier molecular flexibility index (Phi) is 3.63. The fraction of sp³-hybridized carbons (Fsp3) is 0.533. The monoisotopic (exact) mass is 340 g/mol. The summed E-state index contributed by atoms with van der Waals surface area (Å²) in [6, 6.07) is 3.97. The van der Waals surface area contributed by atoms with Crippen LogP contribution in [0.3, 0.4) is 0 Å². The van der Waals surface area contributed by atoms with Crippen LogP contribution >= 0.6 is 15.9 Å². The van der Waals surface area contributed by atoms with Gasteiger partial charge in [-0.05, 0) is 59.3 Å². The average Bonchev–Trinajstić information content (AvgIpc) is 3.17. The minimum Gasteiger partial charge on any atom is -0.489 e. The van der Waals surface area contributed by atoms with E-state index in [0.717, 1.165) is 34.6 Å². The summed E-state index contributed by atoms with van der Waals surface area (Å²) in [5, 5.41) is 8.69. The lowest BCUT2D eigenvalue weighted by molar-refractivity contribution is -0.137. The molecule has 1 aromatic carbocycles. The van der Waals surface area contributed by atoms with Gasteiger partial charge in [-0.3, -0.25) is 4.79 Å². The molecule has 1 heterocycles. The lowest BCUT2D eigenvalue weighted by Gasteiger charge is -2.11. The third-order valence-corrected chi connectivity index (χ3v) is 4.53. The van der Waals surface area contributed by atoms with Gasteiger partial charge in [-0.2, -0.15) is 0 Å². The number of halogens is 1. The molecule has 0 atom stereocenters. The summed E-state index contributed by atoms with van der Waals surface area (Å²) in [6.07, 6.45) is 3.89. The van der Waals surface area contributed by atoms with Crippen molar-refractivity contribution < 1.29 is 19.4 Å². The van der Waals surface area contributed by atoms with Crippen LogP contribution in [0, 0.1) is 5.41 Å². The summed E-state index contributed by atoms with van der Waals surface area (Å²) in [7, 11) is 0. The summed E-state index contributed by atoms with van der Waals surface area (Å²) in [6.45, 7) is 1.43. The van der Waals surface area contributed by atoms with E-state index in [4.69, 9.17) is 14.6 Å². The molecule has 0 radical (unpaired) electrons. The Bertz CT molecular complexity index is 537. The molecule has 1 spiro atoms. The van der Waals surface area contributed by atoms with E-state index in [1.165, 1.54) is 12.8 Å². The molecule has 0 unspecified atom stereocenters. The van der Waals surface area contributed by atoms with Gasteiger partial charge in [0, 0.05) is 11.8 Å². The quantitative estimate of drug-likeness (QED) is 0.912. The van der Waals surface area contributed by atoms with Crippen LogP contribution in [0.25, 0.3) is 0 Å². The van der Waals surface area contributed by atoms with Crippen molar-refractivity contribution in [2.24, 2.45) is 5.41 Å². The number of rotatable bonds is 4. The first kappa shape index (κ1) is 13.7. The fourth-order valence-corrected chi connectivity index (χ4v) is 3.02. The van der Waals surface area contributed by atoms with Gasteiger partial charge >= 0.3 is 5.97 Å². The van der Waals surface area contributed by atoms with E-state index in [9.17, 15) is 4.79 Å². The fourth-order valence-electron chi connectivity index (χ4n) is 2.42. The van der Waals surface area contributed by atoms with Gasteiger partial charge < -0.3 is 14.6 Å². The van der Waals surface area contributed by atoms with E-state index in [1.54, 1.807) is 0 Å². The van der Waals surface area contributed by atoms with Gasteiger partial charge in [0.25, 0.3) is 0 Å². The first-order chi connectivity index (χ1) is 9.58. The molecule has 1 N–H and O–H groups in total. The molecule has 4 nitrogen and oxygen atoms in total. The molecule has 20 heavy (non-hydrogen) atoms. The molecule has 1 aromatic rings. The van der Waals surface area contributed by atoms with Gasteiger partial charge in [-0.15, -0.1) is 0 Å². The summed E-state index contributed by atoms with van der Waals surface area (Å²) < 4.78 is 12.7. The second-order valence-electron chi connectivity index (χ2n) is 5.73. The summed E-state index contributed by atoms with van der Waals surface area (Å²) in [5.41, 5.74) is 1.30. The lowest BCUT2D eigenvalue weighted by Crippen LogP contribution is -2.17. The SMILES string of the molecule is O=C(O)CCCc1cc(Br)c2c(c1)OCC1(CC1)CO2. The van der Waals surface area contributed by atoms with Crippen molar-refractivity contribution in [2.45, 2.75) is 32.1 Å². The van der Waals surface area contributed by atoms with Crippen molar-refractivity contribution in [2.75, 3.05) is 13.2 Å². The molecule has 2 aliphatic rings. The van der Waals surface area contributed by atoms with Crippen molar-refractivity contribution in [3.8, 4) is 11.5 Å². The van der Waals surface area contributed by atoms with Crippen LogP contribution in [0.4, 0.5) is 0 Å². The molecule has 1 aliphatic carbocycles. The van der Waals surface area contributed by atoms with Crippen LogP contribution < -0.4 is 9.47 Å². The number of aliphatic carboxylic acids is 1. The molecular weight excluding hydrogens is 324 g/mol. The molecule has 1 aliphatic heterocycles. The van der Waals surface area contributed by atoms with Crippen LogP contribution in [0.1, 0.15) is 31.2 Å². The molecule has 1 fully saturated rings. The third-order valence-electron chi connectivity index (χ3n) is 3.94. The number of ether oxygens (including phenoxy) is 2. The number of aryl methyl sites for hydroxylation is 1. The Morgan fingerprint density at radius 3 is 2.75 bits per heavy atom. The van der Waals surface area contributed by atoms with Crippen molar-refractivity contribution in [1.29, 1.82) is 0 Å². The van der Waals surface area contributed by atoms with Crippen LogP contribution in [0.2, 0.25) is 0 Å². The Hall–Kier alpha value is -1.23. The normalized spacial score (nSPS) is 18.6. The van der Waals surface area contributed by atoms with E-state index in [-0.39, 0.29) is 11.8 Å². The molecule has 0 amide bonds. The highest BCUT2D eigenvalue weighted by Crippen LogP contribution is 2.50. The van der Waals surface area contributed by atoms with E-state index in [2.05, 4.69) is 15.9 Å². The van der Waals surface area contributed by atoms with Crippen molar-refractivity contribution in [3.63, 3.8) is 0 Å². The van der Waals surface area contributed by atoms with E-state index >= 15 is 0 Å². The van der Waals surface area contributed by atoms with Gasteiger partial charge in [-0.25, -0.2) is 0 Å². The number of carbonyl (C=O) groups is 1. The number of carboxylic acid groups (broad SMARTS) is 1. The predicted molar refractivity (Wildman–Crippen MR) is 77.4 cm³/mol. The van der Waals surface area contributed by atoms with E-state index in [1.807, 2.05) is 12.1 Å². The zero-order valence-corrected chi connectivity index (χ0v) is 12.7. The van der Waals surface area contributed by atoms with E-state index < -0.39 is 5.97 Å². The molecule has 5 heteroatoms. The molecule has 3 rings (SSSR count). The number of hydrogen-bond donors (Lipinski definition) is 1. The first-order valence-corrected chi connectivity index (χ1v) is 7.67. The highest BCUT2D eigenvalue weighted by Gasteiger charge is 2.46. The molecule has 108 valence electrons. The predicted octanol–water partition coefficient (Wildman–Crippen LogP) is 3.41. The van der Waals surface area contributed by atoms with Crippen LogP contribution in [0.5, 0.6) is 11.5 Å². The van der Waals surface area contributed by atoms with Gasteiger partial charge in [0.05, 0.1) is 17.7 Å². The number of benzene rings is 1. The number of carboxylic acids is 1. The minimum atomic E-state index is -0.755. The Morgan fingerprint density at radius 1 is 1.30 bits per heavy atom. The second kappa shape index (κ2) is 5.28. The van der Waals surface area contributed by atoms with Crippen molar-refractivity contribution >= 4 is 21.9 Å². The lowest BCUT2D eigenvalue weighted by atomic mass is 10.1. The number of fused-ring (bicyclic) bond motifs is 1. The van der Waals surface area contributed by atoms with Gasteiger partial charge in [0.15, 0.2) is 11.5 Å². The average molecular weight is 341 g/mol. The summed E-state index contributed by atoms with van der Waals surface area (Å²) >= 11 is 3.53. The highest BCUT2D eigenvalue weighted by atomic mass is 79.9. The number of hydrogen-bond acceptors (Lipinski definition) is 3. The molecule has 0 bridgehead atoms. The Balaban J connectivity index is 1.74. The molecule has 0 aromatic heterocycles. The zero-order valence-electron chi connectivity index (χ0n) is 11.2. The molecular formula is C15H17BrO4. The topological polar surface area (TPSA) is 55.8 Å². The molecule has 0 saturated heterocycles. The summed E-state index contributed by atoms with van der Waals surface area (Å²) in [4.78, 5) is 10.6. The smallest absolute Gasteiger partial charge is 0.303 e.